The standard InChI is InChI=1S/C17H13F3O.C6H12O2.C2H6/c1-12-5-6-14(11-21)9-15(12)8-7-13-3-2-4-16(10-13)17(18,19)20;1-5(7)8-6(2,3)4;1-2/h2-11H,1H3;1-4H3;1-2H3/b8-7+;;. The predicted octanol–water partition coefficient (Wildman–Crippen LogP) is 7.37. The molecule has 170 valence electrons. The van der Waals surface area contributed by atoms with Crippen LogP contribution in [0.1, 0.15) is 74.2 Å². The molecule has 0 bridgehead atoms. The van der Waals surface area contributed by atoms with Crippen molar-refractivity contribution in [3.8, 4) is 0 Å². The number of hydrogen-bond acceptors (Lipinski definition) is 3. The van der Waals surface area contributed by atoms with Gasteiger partial charge in [-0.2, -0.15) is 13.2 Å². The average molecular weight is 437 g/mol. The zero-order valence-corrected chi connectivity index (χ0v) is 19.1. The summed E-state index contributed by atoms with van der Waals surface area (Å²) in [4.78, 5) is 21.0. The molecule has 0 fully saturated rings. The van der Waals surface area contributed by atoms with Gasteiger partial charge in [0.05, 0.1) is 5.56 Å². The average Bonchev–Trinajstić information content (AvgIpc) is 2.67. The summed E-state index contributed by atoms with van der Waals surface area (Å²) in [5.41, 5.74) is 1.74. The van der Waals surface area contributed by atoms with Crippen LogP contribution in [0.25, 0.3) is 12.2 Å². The molecule has 0 saturated heterocycles. The van der Waals surface area contributed by atoms with Crippen LogP contribution in [0.15, 0.2) is 42.5 Å². The first kappa shape index (κ1) is 28.1. The number of benzene rings is 2. The largest absolute Gasteiger partial charge is 0.460 e. The van der Waals surface area contributed by atoms with Crippen LogP contribution < -0.4 is 0 Å². The molecular weight excluding hydrogens is 405 g/mol. The van der Waals surface area contributed by atoms with E-state index in [0.717, 1.165) is 29.5 Å². The zero-order valence-electron chi connectivity index (χ0n) is 19.1. The Labute approximate surface area is 182 Å². The van der Waals surface area contributed by atoms with Crippen LogP contribution in [0, 0.1) is 6.92 Å². The molecule has 0 saturated carbocycles. The number of rotatable bonds is 3. The fourth-order valence-corrected chi connectivity index (χ4v) is 2.35. The van der Waals surface area contributed by atoms with Gasteiger partial charge in [0, 0.05) is 12.5 Å². The quantitative estimate of drug-likeness (QED) is 0.287. The van der Waals surface area contributed by atoms with Crippen molar-refractivity contribution < 1.29 is 27.5 Å². The smallest absolute Gasteiger partial charge is 0.416 e. The molecule has 0 amide bonds. The van der Waals surface area contributed by atoms with Gasteiger partial charge in [0.2, 0.25) is 0 Å². The van der Waals surface area contributed by atoms with Gasteiger partial charge < -0.3 is 4.74 Å². The van der Waals surface area contributed by atoms with Gasteiger partial charge in [-0.3, -0.25) is 9.59 Å². The van der Waals surface area contributed by atoms with Crippen molar-refractivity contribution in [1.29, 1.82) is 0 Å². The number of aldehydes is 1. The van der Waals surface area contributed by atoms with Crippen LogP contribution in [-0.2, 0) is 15.7 Å². The lowest BCUT2D eigenvalue weighted by Crippen LogP contribution is -2.21. The lowest BCUT2D eigenvalue weighted by molar-refractivity contribution is -0.151. The summed E-state index contributed by atoms with van der Waals surface area (Å²) in [6.07, 6.45) is -0.303. The van der Waals surface area contributed by atoms with E-state index < -0.39 is 11.7 Å². The maximum Gasteiger partial charge on any atom is 0.416 e. The maximum atomic E-state index is 12.6. The molecule has 31 heavy (non-hydrogen) atoms. The van der Waals surface area contributed by atoms with Crippen LogP contribution in [0.5, 0.6) is 0 Å². The molecule has 0 aliphatic heterocycles. The highest BCUT2D eigenvalue weighted by molar-refractivity contribution is 5.79. The molecule has 0 aliphatic rings. The van der Waals surface area contributed by atoms with Gasteiger partial charge in [-0.1, -0.05) is 50.3 Å². The van der Waals surface area contributed by atoms with Crippen LogP contribution in [0.4, 0.5) is 13.2 Å². The summed E-state index contributed by atoms with van der Waals surface area (Å²) in [6, 6.07) is 10.3. The molecular formula is C25H31F3O3. The molecule has 0 spiro atoms. The summed E-state index contributed by atoms with van der Waals surface area (Å²) >= 11 is 0. The van der Waals surface area contributed by atoms with E-state index in [-0.39, 0.29) is 11.6 Å². The van der Waals surface area contributed by atoms with E-state index >= 15 is 0 Å². The highest BCUT2D eigenvalue weighted by Crippen LogP contribution is 2.30. The van der Waals surface area contributed by atoms with E-state index in [2.05, 4.69) is 0 Å². The second kappa shape index (κ2) is 12.7. The third-order valence-corrected chi connectivity index (χ3v) is 3.56. The lowest BCUT2D eigenvalue weighted by Gasteiger charge is -2.17. The van der Waals surface area contributed by atoms with Gasteiger partial charge in [0.25, 0.3) is 0 Å². The second-order valence-electron chi connectivity index (χ2n) is 7.40. The minimum Gasteiger partial charge on any atom is -0.460 e. The number of hydrogen-bond donors (Lipinski definition) is 0. The summed E-state index contributed by atoms with van der Waals surface area (Å²) < 4.78 is 42.7. The number of carbonyl (C=O) groups excluding carboxylic acids is 2. The first-order valence-electron chi connectivity index (χ1n) is 9.92. The molecule has 0 aromatic heterocycles. The van der Waals surface area contributed by atoms with Crippen molar-refractivity contribution >= 4 is 24.4 Å². The molecule has 0 N–H and O–H groups in total. The van der Waals surface area contributed by atoms with Crippen LogP contribution in [-0.4, -0.2) is 17.9 Å². The van der Waals surface area contributed by atoms with Gasteiger partial charge >= 0.3 is 12.1 Å². The Morgan fingerprint density at radius 1 is 0.935 bits per heavy atom. The molecule has 6 heteroatoms. The number of alkyl halides is 3. The molecule has 3 nitrogen and oxygen atoms in total. The molecule has 2 rings (SSSR count). The van der Waals surface area contributed by atoms with E-state index in [1.165, 1.54) is 13.0 Å². The van der Waals surface area contributed by atoms with Crippen molar-refractivity contribution in [2.75, 3.05) is 0 Å². The van der Waals surface area contributed by atoms with Crippen molar-refractivity contribution in [2.45, 2.75) is 60.2 Å². The van der Waals surface area contributed by atoms with E-state index in [1.807, 2.05) is 41.5 Å². The van der Waals surface area contributed by atoms with Crippen LogP contribution >= 0.6 is 0 Å². The first-order valence-corrected chi connectivity index (χ1v) is 9.92. The Morgan fingerprint density at radius 3 is 2.00 bits per heavy atom. The monoisotopic (exact) mass is 436 g/mol. The van der Waals surface area contributed by atoms with Crippen LogP contribution in [0.2, 0.25) is 0 Å². The SMILES string of the molecule is CC.CC(=O)OC(C)(C)C.Cc1ccc(C=O)cc1/C=C/c1cccc(C(F)(F)F)c1. The molecule has 0 radical (unpaired) electrons. The highest BCUT2D eigenvalue weighted by Gasteiger charge is 2.30. The van der Waals surface area contributed by atoms with E-state index in [0.29, 0.717) is 11.1 Å². The Morgan fingerprint density at radius 2 is 1.55 bits per heavy atom. The van der Waals surface area contributed by atoms with Gasteiger partial charge in [-0.15, -0.1) is 0 Å². The topological polar surface area (TPSA) is 43.4 Å². The van der Waals surface area contributed by atoms with Crippen LogP contribution in [0.3, 0.4) is 0 Å². The fraction of sp³-hybridized carbons (Fsp3) is 0.360. The second-order valence-corrected chi connectivity index (χ2v) is 7.40. The summed E-state index contributed by atoms with van der Waals surface area (Å²) in [7, 11) is 0. The maximum absolute atomic E-state index is 12.6. The third kappa shape index (κ3) is 11.8. The Balaban J connectivity index is 0.000000762. The number of aryl methyl sites for hydroxylation is 1. The number of halogens is 3. The van der Waals surface area contributed by atoms with Crippen molar-refractivity contribution in [3.63, 3.8) is 0 Å². The minimum atomic E-state index is -4.35. The minimum absolute atomic E-state index is 0.225. The number of ether oxygens (including phenoxy) is 1. The van der Waals surface area contributed by atoms with E-state index in [1.54, 1.807) is 36.4 Å². The van der Waals surface area contributed by atoms with Gasteiger partial charge in [-0.05, 0) is 62.6 Å². The van der Waals surface area contributed by atoms with Crippen molar-refractivity contribution in [1.82, 2.24) is 0 Å². The molecule has 0 heterocycles. The van der Waals surface area contributed by atoms with Gasteiger partial charge in [0.1, 0.15) is 11.9 Å². The normalized spacial score (nSPS) is 11.0. The van der Waals surface area contributed by atoms with Crippen molar-refractivity contribution in [2.24, 2.45) is 0 Å². The summed E-state index contributed by atoms with van der Waals surface area (Å²) in [5, 5.41) is 0. The van der Waals surface area contributed by atoms with Crippen molar-refractivity contribution in [3.05, 3.63) is 70.3 Å². The Bertz CT molecular complexity index is 876. The van der Waals surface area contributed by atoms with E-state index in [4.69, 9.17) is 4.74 Å². The summed E-state index contributed by atoms with van der Waals surface area (Å²) in [6.45, 7) is 12.8. The Hall–Kier alpha value is -2.89. The van der Waals surface area contributed by atoms with Gasteiger partial charge in [-0.25, -0.2) is 0 Å². The first-order chi connectivity index (χ1) is 14.3. The molecule has 0 atom stereocenters. The Kier molecular flexibility index (Phi) is 11.5. The van der Waals surface area contributed by atoms with E-state index in [9.17, 15) is 22.8 Å². The fourth-order valence-electron chi connectivity index (χ4n) is 2.35. The molecule has 2 aromatic carbocycles. The third-order valence-electron chi connectivity index (χ3n) is 3.56. The predicted molar refractivity (Wildman–Crippen MR) is 120 cm³/mol. The lowest BCUT2D eigenvalue weighted by atomic mass is 10.0. The summed E-state index contributed by atoms with van der Waals surface area (Å²) in [5.74, 6) is -0.225. The zero-order chi connectivity index (χ0) is 24.2. The number of carbonyl (C=O) groups is 2. The molecule has 0 unspecified atom stereocenters. The molecule has 0 aliphatic carbocycles. The van der Waals surface area contributed by atoms with Gasteiger partial charge in [0.15, 0.2) is 0 Å². The highest BCUT2D eigenvalue weighted by atomic mass is 19.4. The number of esters is 1. The molecule has 2 aromatic rings.